The molecular formula is C23H24F3N3O. The highest BCUT2D eigenvalue weighted by atomic mass is 19.4. The van der Waals surface area contributed by atoms with Crippen molar-refractivity contribution in [2.45, 2.75) is 45.3 Å². The van der Waals surface area contributed by atoms with Gasteiger partial charge < -0.3 is 9.47 Å². The molecule has 0 aliphatic carbocycles. The van der Waals surface area contributed by atoms with Crippen molar-refractivity contribution in [3.63, 3.8) is 0 Å². The summed E-state index contributed by atoms with van der Waals surface area (Å²) in [6.07, 6.45) is -3.19. The Hall–Kier alpha value is -2.83. The van der Waals surface area contributed by atoms with Crippen LogP contribution in [0.4, 0.5) is 18.9 Å². The first kappa shape index (κ1) is 20.4. The van der Waals surface area contributed by atoms with E-state index >= 15 is 0 Å². The Bertz CT molecular complexity index is 1070. The first-order chi connectivity index (χ1) is 14.3. The summed E-state index contributed by atoms with van der Waals surface area (Å²) in [7, 11) is 0. The van der Waals surface area contributed by atoms with Crippen LogP contribution in [0.5, 0.6) is 0 Å². The molecule has 1 aromatic heterocycles. The number of rotatable bonds is 5. The van der Waals surface area contributed by atoms with Crippen LogP contribution in [0.2, 0.25) is 0 Å². The van der Waals surface area contributed by atoms with Crippen LogP contribution >= 0.6 is 0 Å². The number of fused-ring (bicyclic) bond motifs is 1. The predicted molar refractivity (Wildman–Crippen MR) is 110 cm³/mol. The minimum Gasteiger partial charge on any atom is -0.327 e. The number of carbonyl (C=O) groups excluding carboxylic acids is 1. The van der Waals surface area contributed by atoms with Crippen molar-refractivity contribution in [2.75, 3.05) is 11.4 Å². The Morgan fingerprint density at radius 3 is 2.67 bits per heavy atom. The van der Waals surface area contributed by atoms with Crippen molar-refractivity contribution in [1.82, 2.24) is 9.55 Å². The van der Waals surface area contributed by atoms with E-state index in [1.165, 1.54) is 11.0 Å². The SMILES string of the molecule is CCC(C)Cn1c(C2CC(=O)N(c3cccc(C(F)(F)F)c3)C2)nc2ccccc21. The Morgan fingerprint density at radius 1 is 1.17 bits per heavy atom. The van der Waals surface area contributed by atoms with Crippen LogP contribution in [-0.4, -0.2) is 22.0 Å². The molecule has 0 radical (unpaired) electrons. The van der Waals surface area contributed by atoms with Crippen molar-refractivity contribution in [3.8, 4) is 0 Å². The summed E-state index contributed by atoms with van der Waals surface area (Å²) in [5, 5.41) is 0. The van der Waals surface area contributed by atoms with Crippen molar-refractivity contribution >= 4 is 22.6 Å². The predicted octanol–water partition coefficient (Wildman–Crippen LogP) is 5.62. The molecule has 2 atom stereocenters. The fraction of sp³-hybridized carbons (Fsp3) is 0.391. The van der Waals surface area contributed by atoms with E-state index in [0.717, 1.165) is 42.0 Å². The first-order valence-corrected chi connectivity index (χ1v) is 10.2. The minimum absolute atomic E-state index is 0.163. The number of hydrogen-bond acceptors (Lipinski definition) is 2. The van der Waals surface area contributed by atoms with Crippen molar-refractivity contribution < 1.29 is 18.0 Å². The molecule has 2 unspecified atom stereocenters. The fourth-order valence-electron chi connectivity index (χ4n) is 4.02. The van der Waals surface area contributed by atoms with Crippen molar-refractivity contribution in [1.29, 1.82) is 0 Å². The molecule has 1 aliphatic rings. The van der Waals surface area contributed by atoms with Gasteiger partial charge in [0.25, 0.3) is 0 Å². The van der Waals surface area contributed by atoms with Gasteiger partial charge >= 0.3 is 6.18 Å². The smallest absolute Gasteiger partial charge is 0.327 e. The van der Waals surface area contributed by atoms with Gasteiger partial charge in [-0.15, -0.1) is 0 Å². The summed E-state index contributed by atoms with van der Waals surface area (Å²) in [4.78, 5) is 19.0. The number of amides is 1. The van der Waals surface area contributed by atoms with Crippen molar-refractivity contribution in [3.05, 3.63) is 59.9 Å². The molecule has 2 aromatic carbocycles. The van der Waals surface area contributed by atoms with E-state index in [2.05, 4.69) is 18.4 Å². The Kier molecular flexibility index (Phi) is 5.30. The lowest BCUT2D eigenvalue weighted by atomic mass is 10.1. The molecule has 3 aromatic rings. The average molecular weight is 415 g/mol. The van der Waals surface area contributed by atoms with E-state index in [1.54, 1.807) is 6.07 Å². The zero-order valence-electron chi connectivity index (χ0n) is 17.0. The number of alkyl halides is 3. The van der Waals surface area contributed by atoms with Crippen LogP contribution in [-0.2, 0) is 17.5 Å². The maximum absolute atomic E-state index is 13.1. The second-order valence-corrected chi connectivity index (χ2v) is 8.04. The zero-order chi connectivity index (χ0) is 21.5. The quantitative estimate of drug-likeness (QED) is 0.542. The highest BCUT2D eigenvalue weighted by Gasteiger charge is 2.36. The third kappa shape index (κ3) is 3.80. The number of halogens is 3. The summed E-state index contributed by atoms with van der Waals surface area (Å²) in [6, 6.07) is 12.8. The summed E-state index contributed by atoms with van der Waals surface area (Å²) in [6.45, 7) is 5.43. The molecule has 1 aliphatic heterocycles. The van der Waals surface area contributed by atoms with Gasteiger partial charge in [0, 0.05) is 31.1 Å². The molecule has 0 N–H and O–H groups in total. The molecule has 4 rings (SSSR count). The van der Waals surface area contributed by atoms with Gasteiger partial charge in [-0.05, 0) is 36.2 Å². The molecule has 30 heavy (non-hydrogen) atoms. The number of hydrogen-bond donors (Lipinski definition) is 0. The van der Waals surface area contributed by atoms with Crippen molar-refractivity contribution in [2.24, 2.45) is 5.92 Å². The van der Waals surface area contributed by atoms with E-state index < -0.39 is 11.7 Å². The standard InChI is InChI=1S/C23H24F3N3O/c1-3-15(2)13-29-20-10-5-4-9-19(20)27-22(29)16-11-21(30)28(14-16)18-8-6-7-17(12-18)23(24,25)26/h4-10,12,15-16H,3,11,13-14H2,1-2H3. The topological polar surface area (TPSA) is 38.1 Å². The van der Waals surface area contributed by atoms with Crippen LogP contribution in [0.15, 0.2) is 48.5 Å². The molecule has 2 heterocycles. The average Bonchev–Trinajstić information content (AvgIpc) is 3.28. The number of nitrogens with zero attached hydrogens (tertiary/aromatic N) is 3. The second kappa shape index (κ2) is 7.78. The lowest BCUT2D eigenvalue weighted by Crippen LogP contribution is -2.25. The molecule has 1 saturated heterocycles. The number of aromatic nitrogens is 2. The molecular weight excluding hydrogens is 391 g/mol. The zero-order valence-corrected chi connectivity index (χ0v) is 17.0. The van der Waals surface area contributed by atoms with Gasteiger partial charge in [-0.2, -0.15) is 13.2 Å². The van der Waals surface area contributed by atoms with E-state index in [0.29, 0.717) is 12.5 Å². The van der Waals surface area contributed by atoms with Crippen LogP contribution in [0.3, 0.4) is 0 Å². The number of anilines is 1. The van der Waals surface area contributed by atoms with Crippen LogP contribution < -0.4 is 4.90 Å². The van der Waals surface area contributed by atoms with E-state index in [9.17, 15) is 18.0 Å². The molecule has 1 fully saturated rings. The van der Waals surface area contributed by atoms with Crippen LogP contribution in [0, 0.1) is 5.92 Å². The normalized spacial score (nSPS) is 18.4. The summed E-state index contributed by atoms with van der Waals surface area (Å²) in [5.74, 6) is 0.933. The van der Waals surface area contributed by atoms with Gasteiger partial charge in [0.2, 0.25) is 5.91 Å². The van der Waals surface area contributed by atoms with Gasteiger partial charge in [-0.3, -0.25) is 4.79 Å². The molecule has 7 heteroatoms. The van der Waals surface area contributed by atoms with Gasteiger partial charge in [0.15, 0.2) is 0 Å². The number of benzene rings is 2. The Balaban J connectivity index is 1.68. The highest BCUT2D eigenvalue weighted by molar-refractivity contribution is 5.96. The third-order valence-corrected chi connectivity index (χ3v) is 5.85. The largest absolute Gasteiger partial charge is 0.416 e. The maximum Gasteiger partial charge on any atom is 0.416 e. The Morgan fingerprint density at radius 2 is 1.93 bits per heavy atom. The summed E-state index contributed by atoms with van der Waals surface area (Å²) < 4.78 is 41.5. The summed E-state index contributed by atoms with van der Waals surface area (Å²) in [5.41, 5.74) is 1.43. The lowest BCUT2D eigenvalue weighted by molar-refractivity contribution is -0.137. The first-order valence-electron chi connectivity index (χ1n) is 10.2. The van der Waals surface area contributed by atoms with Gasteiger partial charge in [-0.1, -0.05) is 38.5 Å². The molecule has 0 bridgehead atoms. The van der Waals surface area contributed by atoms with Crippen LogP contribution in [0.1, 0.15) is 44.0 Å². The fourth-order valence-corrected chi connectivity index (χ4v) is 4.02. The number of para-hydroxylation sites is 2. The molecule has 1 amide bonds. The second-order valence-electron chi connectivity index (χ2n) is 8.04. The minimum atomic E-state index is -4.44. The van der Waals surface area contributed by atoms with Crippen LogP contribution in [0.25, 0.3) is 11.0 Å². The molecule has 158 valence electrons. The van der Waals surface area contributed by atoms with E-state index in [4.69, 9.17) is 4.98 Å². The molecule has 4 nitrogen and oxygen atoms in total. The van der Waals surface area contributed by atoms with E-state index in [-0.39, 0.29) is 23.9 Å². The van der Waals surface area contributed by atoms with Gasteiger partial charge in [-0.25, -0.2) is 4.98 Å². The third-order valence-electron chi connectivity index (χ3n) is 5.85. The van der Waals surface area contributed by atoms with Gasteiger partial charge in [0.1, 0.15) is 5.82 Å². The number of imidazole rings is 1. The monoisotopic (exact) mass is 415 g/mol. The Labute approximate surface area is 173 Å². The molecule has 0 spiro atoms. The lowest BCUT2D eigenvalue weighted by Gasteiger charge is -2.19. The number of carbonyl (C=O) groups is 1. The molecule has 0 saturated carbocycles. The van der Waals surface area contributed by atoms with E-state index in [1.807, 2.05) is 24.3 Å². The van der Waals surface area contributed by atoms with Gasteiger partial charge in [0.05, 0.1) is 16.6 Å². The highest BCUT2D eigenvalue weighted by Crippen LogP contribution is 2.36. The maximum atomic E-state index is 13.1. The summed E-state index contributed by atoms with van der Waals surface area (Å²) >= 11 is 0.